The molecular formula is C52H94O6. The summed E-state index contributed by atoms with van der Waals surface area (Å²) in [4.78, 5) is 37.7. The summed E-state index contributed by atoms with van der Waals surface area (Å²) in [7, 11) is 0. The maximum atomic E-state index is 12.7. The lowest BCUT2D eigenvalue weighted by molar-refractivity contribution is -0.167. The average Bonchev–Trinajstić information content (AvgIpc) is 3.22. The van der Waals surface area contributed by atoms with Crippen molar-refractivity contribution >= 4 is 17.9 Å². The van der Waals surface area contributed by atoms with Crippen LogP contribution in [0.25, 0.3) is 0 Å². The highest BCUT2D eigenvalue weighted by molar-refractivity contribution is 5.71. The van der Waals surface area contributed by atoms with E-state index in [2.05, 4.69) is 57.2 Å². The van der Waals surface area contributed by atoms with Gasteiger partial charge in [0.15, 0.2) is 6.10 Å². The maximum Gasteiger partial charge on any atom is 0.306 e. The molecule has 0 aliphatic heterocycles. The summed E-state index contributed by atoms with van der Waals surface area (Å²) in [6.45, 7) is 6.55. The van der Waals surface area contributed by atoms with Crippen LogP contribution < -0.4 is 0 Å². The van der Waals surface area contributed by atoms with E-state index >= 15 is 0 Å². The van der Waals surface area contributed by atoms with Crippen molar-refractivity contribution in [3.8, 4) is 0 Å². The van der Waals surface area contributed by atoms with Crippen LogP contribution in [0.5, 0.6) is 0 Å². The third kappa shape index (κ3) is 44.7. The van der Waals surface area contributed by atoms with Crippen LogP contribution in [0, 0.1) is 0 Å². The maximum absolute atomic E-state index is 12.7. The molecule has 6 heteroatoms. The normalized spacial score (nSPS) is 12.3. The van der Waals surface area contributed by atoms with Crippen molar-refractivity contribution in [1.29, 1.82) is 0 Å². The number of carbonyl (C=O) groups is 3. The predicted molar refractivity (Wildman–Crippen MR) is 247 cm³/mol. The summed E-state index contributed by atoms with van der Waals surface area (Å²) in [5, 5.41) is 0. The molecule has 6 nitrogen and oxygen atoms in total. The third-order valence-corrected chi connectivity index (χ3v) is 10.9. The molecule has 338 valence electrons. The van der Waals surface area contributed by atoms with E-state index in [1.54, 1.807) is 0 Å². The second kappa shape index (κ2) is 47.3. The molecule has 0 aromatic rings. The van der Waals surface area contributed by atoms with Crippen LogP contribution in [0.3, 0.4) is 0 Å². The van der Waals surface area contributed by atoms with Gasteiger partial charge in [-0.05, 0) is 77.0 Å². The van der Waals surface area contributed by atoms with Crippen molar-refractivity contribution in [3.63, 3.8) is 0 Å². The van der Waals surface area contributed by atoms with Crippen LogP contribution >= 0.6 is 0 Å². The third-order valence-electron chi connectivity index (χ3n) is 10.9. The number of hydrogen-bond donors (Lipinski definition) is 0. The number of unbranched alkanes of at least 4 members (excludes halogenated alkanes) is 28. The Morgan fingerprint density at radius 1 is 0.345 bits per heavy atom. The van der Waals surface area contributed by atoms with Gasteiger partial charge >= 0.3 is 17.9 Å². The van der Waals surface area contributed by atoms with Crippen molar-refractivity contribution in [1.82, 2.24) is 0 Å². The lowest BCUT2D eigenvalue weighted by atomic mass is 10.1. The Labute approximate surface area is 359 Å². The van der Waals surface area contributed by atoms with E-state index in [1.165, 1.54) is 148 Å². The van der Waals surface area contributed by atoms with Gasteiger partial charge in [0, 0.05) is 19.3 Å². The summed E-state index contributed by atoms with van der Waals surface area (Å²) >= 11 is 0. The summed E-state index contributed by atoms with van der Waals surface area (Å²) < 4.78 is 16.7. The van der Waals surface area contributed by atoms with E-state index in [1.807, 2.05) is 0 Å². The molecule has 0 spiro atoms. The zero-order chi connectivity index (χ0) is 42.3. The molecular weight excluding hydrogens is 721 g/mol. The fourth-order valence-electron chi connectivity index (χ4n) is 7.05. The second-order valence-electron chi connectivity index (χ2n) is 16.7. The first-order valence-corrected chi connectivity index (χ1v) is 25.0. The number of rotatable bonds is 45. The molecule has 1 unspecified atom stereocenters. The number of ether oxygens (including phenoxy) is 3. The molecule has 0 aromatic carbocycles. The Kier molecular flexibility index (Phi) is 45.4. The SMILES string of the molecule is CCCCC/C=C\C/C=C\CCCCCCCCCC(=O)OCC(COC(=O)CCCCCCCC)OC(=O)CCCCCCCCC/C=C\CCCCCCCC. The van der Waals surface area contributed by atoms with Crippen LogP contribution in [0.2, 0.25) is 0 Å². The topological polar surface area (TPSA) is 78.9 Å². The largest absolute Gasteiger partial charge is 0.462 e. The van der Waals surface area contributed by atoms with Gasteiger partial charge in [-0.15, -0.1) is 0 Å². The predicted octanol–water partition coefficient (Wildman–Crippen LogP) is 16.1. The first kappa shape index (κ1) is 55.6. The van der Waals surface area contributed by atoms with Gasteiger partial charge in [-0.1, -0.05) is 198 Å². The van der Waals surface area contributed by atoms with Gasteiger partial charge in [-0.3, -0.25) is 14.4 Å². The van der Waals surface area contributed by atoms with Gasteiger partial charge in [0.1, 0.15) is 13.2 Å². The summed E-state index contributed by atoms with van der Waals surface area (Å²) in [6, 6.07) is 0. The van der Waals surface area contributed by atoms with Gasteiger partial charge in [0.2, 0.25) is 0 Å². The number of hydrogen-bond acceptors (Lipinski definition) is 6. The monoisotopic (exact) mass is 815 g/mol. The lowest BCUT2D eigenvalue weighted by Crippen LogP contribution is -2.30. The molecule has 0 fully saturated rings. The summed E-state index contributed by atoms with van der Waals surface area (Å²) in [5.41, 5.74) is 0. The van der Waals surface area contributed by atoms with Crippen LogP contribution in [-0.2, 0) is 28.6 Å². The molecule has 0 aromatic heterocycles. The van der Waals surface area contributed by atoms with Crippen molar-refractivity contribution < 1.29 is 28.6 Å². The van der Waals surface area contributed by atoms with Crippen molar-refractivity contribution in [3.05, 3.63) is 36.5 Å². The number of carbonyl (C=O) groups excluding carboxylic acids is 3. The van der Waals surface area contributed by atoms with Gasteiger partial charge in [-0.2, -0.15) is 0 Å². The van der Waals surface area contributed by atoms with E-state index in [9.17, 15) is 14.4 Å². The molecule has 0 heterocycles. The van der Waals surface area contributed by atoms with E-state index in [0.717, 1.165) is 70.6 Å². The van der Waals surface area contributed by atoms with Crippen LogP contribution in [0.15, 0.2) is 36.5 Å². The molecule has 58 heavy (non-hydrogen) atoms. The van der Waals surface area contributed by atoms with E-state index in [-0.39, 0.29) is 31.1 Å². The Hall–Kier alpha value is -2.37. The summed E-state index contributed by atoms with van der Waals surface area (Å²) in [6.07, 6.45) is 54.3. The standard InChI is InChI=1S/C52H94O6/c1-4-7-10-13-16-18-20-22-24-26-28-30-32-34-36-39-42-45-51(54)57-48-49(47-56-50(53)44-41-38-15-12-9-6-3)58-52(55)46-43-40-37-35-33-31-29-27-25-23-21-19-17-14-11-8-5-2/h16,18,22-25,49H,4-15,17,19-21,26-48H2,1-3H3/b18-16-,24-22-,25-23-. The van der Waals surface area contributed by atoms with E-state index in [0.29, 0.717) is 19.3 Å². The highest BCUT2D eigenvalue weighted by atomic mass is 16.6. The smallest absolute Gasteiger partial charge is 0.306 e. The van der Waals surface area contributed by atoms with E-state index in [4.69, 9.17) is 14.2 Å². The van der Waals surface area contributed by atoms with Crippen molar-refractivity contribution in [2.45, 2.75) is 264 Å². The fraction of sp³-hybridized carbons (Fsp3) is 0.827. The first-order chi connectivity index (χ1) is 28.5. The fourth-order valence-corrected chi connectivity index (χ4v) is 7.05. The zero-order valence-electron chi connectivity index (χ0n) is 38.6. The highest BCUT2D eigenvalue weighted by Crippen LogP contribution is 2.14. The quantitative estimate of drug-likeness (QED) is 0.0264. The molecule has 0 aliphatic carbocycles. The second-order valence-corrected chi connectivity index (χ2v) is 16.7. The van der Waals surface area contributed by atoms with Gasteiger partial charge in [0.25, 0.3) is 0 Å². The van der Waals surface area contributed by atoms with Crippen molar-refractivity contribution in [2.24, 2.45) is 0 Å². The Morgan fingerprint density at radius 2 is 0.621 bits per heavy atom. The Balaban J connectivity index is 4.23. The zero-order valence-corrected chi connectivity index (χ0v) is 38.6. The van der Waals surface area contributed by atoms with Crippen LogP contribution in [0.4, 0.5) is 0 Å². The first-order valence-electron chi connectivity index (χ1n) is 25.0. The Morgan fingerprint density at radius 3 is 1.00 bits per heavy atom. The average molecular weight is 815 g/mol. The summed E-state index contributed by atoms with van der Waals surface area (Å²) in [5.74, 6) is -0.891. The van der Waals surface area contributed by atoms with Crippen LogP contribution in [0.1, 0.15) is 258 Å². The van der Waals surface area contributed by atoms with Gasteiger partial charge in [-0.25, -0.2) is 0 Å². The molecule has 0 aliphatic rings. The molecule has 0 amide bonds. The molecule has 0 N–H and O–H groups in total. The Bertz CT molecular complexity index is 984. The van der Waals surface area contributed by atoms with Gasteiger partial charge in [0.05, 0.1) is 0 Å². The molecule has 0 saturated heterocycles. The molecule has 0 rings (SSSR count). The van der Waals surface area contributed by atoms with Crippen LogP contribution in [-0.4, -0.2) is 37.2 Å². The van der Waals surface area contributed by atoms with E-state index < -0.39 is 6.10 Å². The minimum atomic E-state index is -0.772. The minimum absolute atomic E-state index is 0.0755. The molecule has 0 saturated carbocycles. The molecule has 1 atom stereocenters. The number of allylic oxidation sites excluding steroid dienone is 6. The minimum Gasteiger partial charge on any atom is -0.462 e. The highest BCUT2D eigenvalue weighted by Gasteiger charge is 2.19. The number of esters is 3. The lowest BCUT2D eigenvalue weighted by Gasteiger charge is -2.18. The molecule has 0 bridgehead atoms. The van der Waals surface area contributed by atoms with Crippen molar-refractivity contribution in [2.75, 3.05) is 13.2 Å². The molecule has 0 radical (unpaired) electrons. The van der Waals surface area contributed by atoms with Gasteiger partial charge < -0.3 is 14.2 Å².